The highest BCUT2D eigenvalue weighted by molar-refractivity contribution is 6.19. The molecule has 0 fully saturated rings. The van der Waals surface area contributed by atoms with E-state index in [1.54, 1.807) is 0 Å². The number of para-hydroxylation sites is 2. The molecular weight excluding hydrogens is 372 g/mol. The second-order valence-electron chi connectivity index (χ2n) is 6.93. The van der Waals surface area contributed by atoms with Crippen molar-refractivity contribution in [3.05, 3.63) is 53.9 Å². The molecule has 3 heterocycles. The lowest BCUT2D eigenvalue weighted by Crippen LogP contribution is -2.33. The van der Waals surface area contributed by atoms with Crippen molar-refractivity contribution in [2.75, 3.05) is 6.54 Å². The fourth-order valence-electron chi connectivity index (χ4n) is 3.53. The zero-order valence-electron chi connectivity index (χ0n) is 16.1. The predicted octanol–water partition coefficient (Wildman–Crippen LogP) is 1.62. The van der Waals surface area contributed by atoms with E-state index in [-0.39, 0.29) is 36.3 Å². The molecule has 0 bridgehead atoms. The topological polar surface area (TPSA) is 110 Å². The van der Waals surface area contributed by atoms with Crippen LogP contribution in [-0.4, -0.2) is 48.7 Å². The van der Waals surface area contributed by atoms with Crippen molar-refractivity contribution in [3.8, 4) is 0 Å². The van der Waals surface area contributed by atoms with Crippen molar-refractivity contribution in [1.82, 2.24) is 29.7 Å². The second kappa shape index (κ2) is 7.42. The Hall–Kier alpha value is -3.62. The maximum absolute atomic E-state index is 12.3. The number of amides is 3. The fraction of sp³-hybridized carbons (Fsp3) is 0.300. The van der Waals surface area contributed by atoms with E-state index in [0.717, 1.165) is 21.8 Å². The Labute approximate surface area is 166 Å². The van der Waals surface area contributed by atoms with Gasteiger partial charge in [0.25, 0.3) is 11.8 Å². The number of hydrogen-bond donors (Lipinski definition) is 1. The van der Waals surface area contributed by atoms with Gasteiger partial charge in [0.1, 0.15) is 5.82 Å². The summed E-state index contributed by atoms with van der Waals surface area (Å²) in [6.45, 7) is 2.02. The molecule has 29 heavy (non-hydrogen) atoms. The van der Waals surface area contributed by atoms with Crippen LogP contribution < -0.4 is 5.32 Å². The van der Waals surface area contributed by atoms with Crippen LogP contribution in [0.2, 0.25) is 0 Å². The third kappa shape index (κ3) is 3.35. The molecule has 0 aliphatic carbocycles. The summed E-state index contributed by atoms with van der Waals surface area (Å²) < 4.78 is 1.96. The van der Waals surface area contributed by atoms with Crippen LogP contribution in [0.1, 0.15) is 52.6 Å². The molecule has 1 aromatic carbocycles. The molecule has 1 aliphatic heterocycles. The number of aryl methyl sites for hydroxylation is 1. The van der Waals surface area contributed by atoms with Gasteiger partial charge in [-0.1, -0.05) is 12.1 Å². The highest BCUT2D eigenvalue weighted by Crippen LogP contribution is 2.20. The van der Waals surface area contributed by atoms with Gasteiger partial charge in [-0.25, -0.2) is 15.0 Å². The van der Waals surface area contributed by atoms with Crippen LogP contribution in [0.4, 0.5) is 0 Å². The van der Waals surface area contributed by atoms with Crippen molar-refractivity contribution in [2.24, 2.45) is 7.05 Å². The molecule has 0 spiro atoms. The van der Waals surface area contributed by atoms with Crippen LogP contribution in [0.5, 0.6) is 0 Å². The number of imidazole rings is 1. The first kappa shape index (κ1) is 18.7. The third-order valence-electron chi connectivity index (χ3n) is 4.97. The van der Waals surface area contributed by atoms with Crippen LogP contribution >= 0.6 is 0 Å². The summed E-state index contributed by atoms with van der Waals surface area (Å²) >= 11 is 0. The van der Waals surface area contributed by atoms with Crippen molar-refractivity contribution in [1.29, 1.82) is 0 Å². The molecule has 3 amide bonds. The van der Waals surface area contributed by atoms with E-state index in [2.05, 4.69) is 20.3 Å². The Balaban J connectivity index is 1.33. The van der Waals surface area contributed by atoms with E-state index in [1.165, 1.54) is 12.4 Å². The Morgan fingerprint density at radius 2 is 1.76 bits per heavy atom. The number of nitrogens with one attached hydrogen (secondary N) is 1. The van der Waals surface area contributed by atoms with E-state index in [0.29, 0.717) is 6.42 Å². The largest absolute Gasteiger partial charge is 0.346 e. The van der Waals surface area contributed by atoms with Gasteiger partial charge in [-0.15, -0.1) is 0 Å². The minimum atomic E-state index is -0.466. The van der Waals surface area contributed by atoms with E-state index < -0.39 is 11.8 Å². The molecule has 3 aromatic rings. The van der Waals surface area contributed by atoms with E-state index >= 15 is 0 Å². The zero-order chi connectivity index (χ0) is 20.5. The minimum Gasteiger partial charge on any atom is -0.346 e. The number of carbonyl (C=O) groups excluding carboxylic acids is 3. The van der Waals surface area contributed by atoms with Crippen LogP contribution in [-0.2, 0) is 11.8 Å². The molecular formula is C20H20N6O3. The Kier molecular flexibility index (Phi) is 4.79. The van der Waals surface area contributed by atoms with Crippen molar-refractivity contribution in [2.45, 2.75) is 25.8 Å². The molecule has 0 radical (unpaired) electrons. The normalized spacial score (nSPS) is 14.3. The average Bonchev–Trinajstić information content (AvgIpc) is 3.18. The number of nitrogens with zero attached hydrogens (tertiary/aromatic N) is 5. The summed E-state index contributed by atoms with van der Waals surface area (Å²) in [5.74, 6) is -0.340. The summed E-state index contributed by atoms with van der Waals surface area (Å²) in [5, 5.41) is 2.93. The molecule has 0 saturated heterocycles. The molecule has 2 aromatic heterocycles. The van der Waals surface area contributed by atoms with Gasteiger partial charge in [0, 0.05) is 32.4 Å². The van der Waals surface area contributed by atoms with Gasteiger partial charge < -0.3 is 9.88 Å². The van der Waals surface area contributed by atoms with Gasteiger partial charge in [-0.2, -0.15) is 0 Å². The summed E-state index contributed by atoms with van der Waals surface area (Å²) in [4.78, 5) is 50.4. The lowest BCUT2D eigenvalue weighted by molar-refractivity contribution is -0.121. The molecule has 9 nitrogen and oxygen atoms in total. The lowest BCUT2D eigenvalue weighted by Gasteiger charge is -2.15. The molecule has 1 N–H and O–H groups in total. The lowest BCUT2D eigenvalue weighted by atomic mass is 10.2. The van der Waals surface area contributed by atoms with Crippen LogP contribution in [0, 0.1) is 0 Å². The highest BCUT2D eigenvalue weighted by atomic mass is 16.2. The average molecular weight is 392 g/mol. The number of rotatable bonds is 6. The van der Waals surface area contributed by atoms with Crippen LogP contribution in [0.25, 0.3) is 11.0 Å². The molecule has 0 saturated carbocycles. The van der Waals surface area contributed by atoms with Gasteiger partial charge >= 0.3 is 0 Å². The van der Waals surface area contributed by atoms with E-state index in [1.807, 2.05) is 42.8 Å². The van der Waals surface area contributed by atoms with Gasteiger partial charge in [-0.3, -0.25) is 19.3 Å². The summed E-state index contributed by atoms with van der Waals surface area (Å²) in [5.41, 5.74) is 2.00. The molecule has 4 rings (SSSR count). The minimum absolute atomic E-state index is 0.0671. The van der Waals surface area contributed by atoms with Crippen molar-refractivity contribution >= 4 is 28.8 Å². The SMILES string of the molecule is C[C@@H](NC(=O)CCCN1C(=O)c2nccnc2C1=O)c1nc2ccccc2n1C. The smallest absolute Gasteiger partial charge is 0.281 e. The third-order valence-corrected chi connectivity index (χ3v) is 4.97. The summed E-state index contributed by atoms with van der Waals surface area (Å²) in [6.07, 6.45) is 3.29. The maximum atomic E-state index is 12.3. The summed E-state index contributed by atoms with van der Waals surface area (Å²) in [7, 11) is 1.91. The molecule has 9 heteroatoms. The molecule has 1 atom stereocenters. The number of fused-ring (bicyclic) bond motifs is 2. The Bertz CT molecular complexity index is 1090. The fourth-order valence-corrected chi connectivity index (χ4v) is 3.53. The van der Waals surface area contributed by atoms with Gasteiger partial charge in [0.2, 0.25) is 5.91 Å². The first-order valence-electron chi connectivity index (χ1n) is 9.35. The number of carbonyl (C=O) groups is 3. The second-order valence-corrected chi connectivity index (χ2v) is 6.93. The highest BCUT2D eigenvalue weighted by Gasteiger charge is 2.37. The quantitative estimate of drug-likeness (QED) is 0.638. The maximum Gasteiger partial charge on any atom is 0.281 e. The molecule has 0 unspecified atom stereocenters. The first-order valence-corrected chi connectivity index (χ1v) is 9.35. The standard InChI is InChI=1S/C20H20N6O3/c1-12(18-24-13-6-3-4-7-14(13)25(18)2)23-15(27)8-5-11-26-19(28)16-17(20(26)29)22-10-9-21-16/h3-4,6-7,9-10,12H,5,8,11H2,1-2H3,(H,23,27)/t12-/m1/s1. The van der Waals surface area contributed by atoms with Crippen molar-refractivity contribution in [3.63, 3.8) is 0 Å². The van der Waals surface area contributed by atoms with Gasteiger partial charge in [0.05, 0.1) is 17.1 Å². The summed E-state index contributed by atoms with van der Waals surface area (Å²) in [6, 6.07) is 7.51. The Morgan fingerprint density at radius 3 is 2.41 bits per heavy atom. The van der Waals surface area contributed by atoms with Gasteiger partial charge in [-0.05, 0) is 25.5 Å². The van der Waals surface area contributed by atoms with E-state index in [4.69, 9.17) is 0 Å². The predicted molar refractivity (Wildman–Crippen MR) is 104 cm³/mol. The van der Waals surface area contributed by atoms with Crippen molar-refractivity contribution < 1.29 is 14.4 Å². The number of aromatic nitrogens is 4. The van der Waals surface area contributed by atoms with Crippen LogP contribution in [0.15, 0.2) is 36.7 Å². The zero-order valence-corrected chi connectivity index (χ0v) is 16.1. The monoisotopic (exact) mass is 392 g/mol. The molecule has 1 aliphatic rings. The number of benzene rings is 1. The number of hydrogen-bond acceptors (Lipinski definition) is 6. The Morgan fingerprint density at radius 1 is 1.10 bits per heavy atom. The molecule has 148 valence electrons. The van der Waals surface area contributed by atoms with E-state index in [9.17, 15) is 14.4 Å². The van der Waals surface area contributed by atoms with Crippen LogP contribution in [0.3, 0.4) is 0 Å². The van der Waals surface area contributed by atoms with Gasteiger partial charge in [0.15, 0.2) is 11.4 Å². The first-order chi connectivity index (χ1) is 14.0. The number of imide groups is 1.